The van der Waals surface area contributed by atoms with Crippen molar-refractivity contribution in [3.8, 4) is 0 Å². The molecule has 3 amide bonds. The van der Waals surface area contributed by atoms with E-state index < -0.39 is 65.4 Å². The van der Waals surface area contributed by atoms with Gasteiger partial charge in [0.1, 0.15) is 5.82 Å². The minimum atomic E-state index is -5.04. The molecule has 1 saturated heterocycles. The number of primary amides is 1. The number of halogens is 7. The second-order valence-corrected chi connectivity index (χ2v) is 10.8. The van der Waals surface area contributed by atoms with Gasteiger partial charge in [0.25, 0.3) is 5.91 Å². The van der Waals surface area contributed by atoms with Gasteiger partial charge in [-0.15, -0.1) is 0 Å². The molecule has 2 N–H and O–H groups in total. The Balaban J connectivity index is 1.63. The number of rotatable bonds is 6. The molecule has 2 atom stereocenters. The van der Waals surface area contributed by atoms with Gasteiger partial charge in [-0.2, -0.15) is 26.3 Å². The van der Waals surface area contributed by atoms with Gasteiger partial charge in [-0.3, -0.25) is 14.4 Å². The molecule has 3 aromatic rings. The van der Waals surface area contributed by atoms with Crippen LogP contribution >= 0.6 is 0 Å². The number of carbonyl (C=O) groups excluding carboxylic acids is 3. The summed E-state index contributed by atoms with van der Waals surface area (Å²) < 4.78 is 94.2. The van der Waals surface area contributed by atoms with Gasteiger partial charge in [-0.05, 0) is 84.6 Å². The summed E-state index contributed by atoms with van der Waals surface area (Å²) >= 11 is 0. The van der Waals surface area contributed by atoms with Crippen molar-refractivity contribution in [2.75, 3.05) is 20.1 Å². The first kappa shape index (κ1) is 32.5. The van der Waals surface area contributed by atoms with E-state index in [9.17, 15) is 45.1 Å². The maximum Gasteiger partial charge on any atom is 0.416 e. The molecule has 0 saturated carbocycles. The third kappa shape index (κ3) is 7.20. The molecule has 0 spiro atoms. The first-order chi connectivity index (χ1) is 20.5. The lowest BCUT2D eigenvalue weighted by atomic mass is 9.78. The quantitative estimate of drug-likeness (QED) is 0.333. The highest BCUT2D eigenvalue weighted by Gasteiger charge is 2.40. The minimum absolute atomic E-state index is 0.0207. The first-order valence-corrected chi connectivity index (χ1v) is 13.4. The summed E-state index contributed by atoms with van der Waals surface area (Å²) in [7, 11) is 1.28. The predicted octanol–water partition coefficient (Wildman–Crippen LogP) is 6.18. The number of aryl methyl sites for hydroxylation is 1. The smallest absolute Gasteiger partial charge is 0.366 e. The van der Waals surface area contributed by atoms with E-state index in [-0.39, 0.29) is 42.3 Å². The third-order valence-electron chi connectivity index (χ3n) is 7.71. The van der Waals surface area contributed by atoms with Gasteiger partial charge in [0.15, 0.2) is 0 Å². The molecule has 0 unspecified atom stereocenters. The van der Waals surface area contributed by atoms with Gasteiger partial charge >= 0.3 is 12.4 Å². The SMILES string of the molecule is Cc1cc(F)ccc1[C@@H]1CN(C(=O)c2ccc(C(N)=O)cc2)CC[C@H]1C(=O)N(C)Cc1cc(C(F)(F)F)cc(C(F)(F)F)c1. The van der Waals surface area contributed by atoms with Crippen LogP contribution in [0, 0.1) is 18.7 Å². The van der Waals surface area contributed by atoms with E-state index in [0.29, 0.717) is 23.3 Å². The molecule has 6 nitrogen and oxygen atoms in total. The van der Waals surface area contributed by atoms with Crippen LogP contribution in [0.1, 0.15) is 60.9 Å². The topological polar surface area (TPSA) is 83.7 Å². The number of piperidine rings is 1. The van der Waals surface area contributed by atoms with Crippen LogP contribution in [0.4, 0.5) is 30.7 Å². The predicted molar refractivity (Wildman–Crippen MR) is 146 cm³/mol. The van der Waals surface area contributed by atoms with Crippen molar-refractivity contribution in [2.24, 2.45) is 11.7 Å². The van der Waals surface area contributed by atoms with Gasteiger partial charge in [0.05, 0.1) is 11.1 Å². The summed E-state index contributed by atoms with van der Waals surface area (Å²) in [5.41, 5.74) is 3.47. The van der Waals surface area contributed by atoms with Crippen molar-refractivity contribution in [2.45, 2.75) is 38.2 Å². The number of benzene rings is 3. The van der Waals surface area contributed by atoms with Crippen LogP contribution < -0.4 is 5.73 Å². The van der Waals surface area contributed by atoms with E-state index in [0.717, 1.165) is 4.90 Å². The van der Waals surface area contributed by atoms with Crippen LogP contribution in [0.2, 0.25) is 0 Å². The average molecular weight is 624 g/mol. The number of nitrogens with two attached hydrogens (primary N) is 1. The van der Waals surface area contributed by atoms with E-state index in [1.165, 1.54) is 54.4 Å². The van der Waals surface area contributed by atoms with E-state index in [1.807, 2.05) is 0 Å². The maximum absolute atomic E-state index is 14.0. The second-order valence-electron chi connectivity index (χ2n) is 10.8. The second kappa shape index (κ2) is 12.3. The minimum Gasteiger partial charge on any atom is -0.366 e. The molecule has 4 rings (SSSR count). The van der Waals surface area contributed by atoms with Crippen LogP contribution in [0.25, 0.3) is 0 Å². The van der Waals surface area contributed by atoms with E-state index in [2.05, 4.69) is 0 Å². The number of carbonyl (C=O) groups is 3. The maximum atomic E-state index is 14.0. The highest BCUT2D eigenvalue weighted by atomic mass is 19.4. The van der Waals surface area contributed by atoms with Crippen LogP contribution in [-0.2, 0) is 23.7 Å². The lowest BCUT2D eigenvalue weighted by molar-refractivity contribution is -0.143. The summed E-state index contributed by atoms with van der Waals surface area (Å²) in [5.74, 6) is -3.62. The Morgan fingerprint density at radius 2 is 1.45 bits per heavy atom. The Morgan fingerprint density at radius 1 is 0.886 bits per heavy atom. The summed E-state index contributed by atoms with van der Waals surface area (Å²) in [6, 6.07) is 10.8. The number of hydrogen-bond donors (Lipinski definition) is 1. The summed E-state index contributed by atoms with van der Waals surface area (Å²) in [4.78, 5) is 41.0. The fourth-order valence-electron chi connectivity index (χ4n) is 5.51. The van der Waals surface area contributed by atoms with Crippen LogP contribution in [0.5, 0.6) is 0 Å². The van der Waals surface area contributed by atoms with Crippen molar-refractivity contribution in [3.05, 3.63) is 105 Å². The Morgan fingerprint density at radius 3 is 1.98 bits per heavy atom. The van der Waals surface area contributed by atoms with Gasteiger partial charge in [-0.25, -0.2) is 4.39 Å². The number of hydrogen-bond acceptors (Lipinski definition) is 3. The standard InChI is InChI=1S/C31H28F7N3O3/c1-17-11-23(32)7-8-24(17)26-16-41(28(43)20-5-3-19(4-6-20)27(39)42)10-9-25(26)29(44)40(2)15-18-12-21(30(33,34)35)14-22(13-18)31(36,37)38/h3-8,11-14,25-26H,9-10,15-16H2,1-2H3,(H2,39,42)/t25-,26+/m1/s1. The van der Waals surface area contributed by atoms with Crippen LogP contribution in [0.3, 0.4) is 0 Å². The molecule has 1 aliphatic rings. The lowest BCUT2D eigenvalue weighted by Crippen LogP contribution is -2.47. The van der Waals surface area contributed by atoms with Crippen molar-refractivity contribution in [1.29, 1.82) is 0 Å². The van der Waals surface area contributed by atoms with Crippen molar-refractivity contribution < 1.29 is 45.1 Å². The molecular weight excluding hydrogens is 595 g/mol. The highest BCUT2D eigenvalue weighted by Crippen LogP contribution is 2.38. The Hall–Kier alpha value is -4.42. The molecule has 234 valence electrons. The van der Waals surface area contributed by atoms with E-state index >= 15 is 0 Å². The molecule has 0 aromatic heterocycles. The van der Waals surface area contributed by atoms with Gasteiger partial charge < -0.3 is 15.5 Å². The zero-order valence-electron chi connectivity index (χ0n) is 23.6. The first-order valence-electron chi connectivity index (χ1n) is 13.4. The van der Waals surface area contributed by atoms with E-state index in [1.54, 1.807) is 6.92 Å². The summed E-state index contributed by atoms with van der Waals surface area (Å²) in [6.07, 6.45) is -9.96. The lowest BCUT2D eigenvalue weighted by Gasteiger charge is -2.40. The highest BCUT2D eigenvalue weighted by molar-refractivity contribution is 5.97. The molecule has 3 aromatic carbocycles. The zero-order valence-corrected chi connectivity index (χ0v) is 23.6. The molecule has 0 bridgehead atoms. The third-order valence-corrected chi connectivity index (χ3v) is 7.71. The Kier molecular flexibility index (Phi) is 9.08. The normalized spacial score (nSPS) is 17.3. The average Bonchev–Trinajstić information content (AvgIpc) is 2.95. The van der Waals surface area contributed by atoms with Crippen molar-refractivity contribution >= 4 is 17.7 Å². The zero-order chi connectivity index (χ0) is 32.6. The largest absolute Gasteiger partial charge is 0.416 e. The number of nitrogens with zero attached hydrogens (tertiary/aromatic N) is 2. The van der Waals surface area contributed by atoms with Gasteiger partial charge in [0, 0.05) is 49.6 Å². The van der Waals surface area contributed by atoms with Crippen LogP contribution in [-0.4, -0.2) is 47.7 Å². The van der Waals surface area contributed by atoms with Gasteiger partial charge in [0.2, 0.25) is 11.8 Å². The van der Waals surface area contributed by atoms with Crippen molar-refractivity contribution in [1.82, 2.24) is 9.80 Å². The van der Waals surface area contributed by atoms with E-state index in [4.69, 9.17) is 5.73 Å². The van der Waals surface area contributed by atoms with Crippen LogP contribution in [0.15, 0.2) is 60.7 Å². The molecule has 13 heteroatoms. The Labute approximate surface area is 248 Å². The summed E-state index contributed by atoms with van der Waals surface area (Å²) in [6.45, 7) is 1.23. The molecule has 0 aliphatic carbocycles. The molecule has 0 radical (unpaired) electrons. The van der Waals surface area contributed by atoms with Gasteiger partial charge in [-0.1, -0.05) is 6.07 Å². The monoisotopic (exact) mass is 623 g/mol. The number of amides is 3. The molecule has 1 fully saturated rings. The molecule has 1 heterocycles. The van der Waals surface area contributed by atoms with Crippen molar-refractivity contribution in [3.63, 3.8) is 0 Å². The number of likely N-dealkylation sites (tertiary alicyclic amines) is 1. The molecular formula is C31H28F7N3O3. The Bertz CT molecular complexity index is 1540. The summed E-state index contributed by atoms with van der Waals surface area (Å²) in [5, 5.41) is 0. The number of alkyl halides is 6. The molecule has 1 aliphatic heterocycles. The fourth-order valence-corrected chi connectivity index (χ4v) is 5.51. The molecule has 44 heavy (non-hydrogen) atoms. The fraction of sp³-hybridized carbons (Fsp3) is 0.323.